The molecule has 38 heavy (non-hydrogen) atoms. The molecule has 1 aromatic carbocycles. The van der Waals surface area contributed by atoms with E-state index in [-0.39, 0.29) is 48.5 Å². The fourth-order valence-corrected chi connectivity index (χ4v) is 3.73. The molecular formula is C26H32FN5O6. The number of likely N-dealkylation sites (tertiary alicyclic amines) is 1. The van der Waals surface area contributed by atoms with Crippen LogP contribution < -0.4 is 9.47 Å². The summed E-state index contributed by atoms with van der Waals surface area (Å²) in [7, 11) is 0. The predicted molar refractivity (Wildman–Crippen MR) is 133 cm³/mol. The van der Waals surface area contributed by atoms with Crippen molar-refractivity contribution in [3.63, 3.8) is 0 Å². The van der Waals surface area contributed by atoms with Gasteiger partial charge in [-0.3, -0.25) is 0 Å². The van der Waals surface area contributed by atoms with Gasteiger partial charge in [-0.2, -0.15) is 4.98 Å². The average molecular weight is 530 g/mol. The quantitative estimate of drug-likeness (QED) is 0.371. The van der Waals surface area contributed by atoms with Crippen LogP contribution in [-0.4, -0.2) is 62.5 Å². The molecule has 0 radical (unpaired) electrons. The summed E-state index contributed by atoms with van der Waals surface area (Å²) in [6.07, 6.45) is 1.96. The number of carbonyl (C=O) groups is 1. The number of hydrogen-bond donors (Lipinski definition) is 0. The van der Waals surface area contributed by atoms with Crippen LogP contribution >= 0.6 is 0 Å². The summed E-state index contributed by atoms with van der Waals surface area (Å²) in [4.78, 5) is 26.4. The van der Waals surface area contributed by atoms with Gasteiger partial charge in [0.15, 0.2) is 11.6 Å². The molecule has 12 heteroatoms. The standard InChI is InChI=1S/C26H32FN5O6/c1-15(2)34-13-22-30-23(31-38-22)18-6-7-21(20(27)12-18)37-25-17(5)24(28-14-29-25)36-19-8-10-32(11-9-19)26(33)35-16(3)4/h6-7,12,14-16,19H,8-11,13H2,1-5H3. The van der Waals surface area contributed by atoms with Gasteiger partial charge in [0.2, 0.25) is 17.6 Å². The number of piperidine rings is 1. The van der Waals surface area contributed by atoms with E-state index >= 15 is 0 Å². The van der Waals surface area contributed by atoms with Crippen LogP contribution in [0, 0.1) is 12.7 Å². The van der Waals surface area contributed by atoms with Crippen molar-refractivity contribution in [2.24, 2.45) is 0 Å². The van der Waals surface area contributed by atoms with E-state index in [4.69, 9.17) is 23.5 Å². The van der Waals surface area contributed by atoms with Crippen molar-refractivity contribution in [3.8, 4) is 28.9 Å². The number of carbonyl (C=O) groups excluding carboxylic acids is 1. The third-order valence-corrected chi connectivity index (χ3v) is 5.71. The summed E-state index contributed by atoms with van der Waals surface area (Å²) < 4.78 is 42.6. The molecule has 1 aliphatic heterocycles. The van der Waals surface area contributed by atoms with E-state index in [1.807, 2.05) is 27.7 Å². The number of amides is 1. The maximum absolute atomic E-state index is 14.9. The molecule has 0 aliphatic carbocycles. The number of ether oxygens (including phenoxy) is 4. The van der Waals surface area contributed by atoms with Gasteiger partial charge in [-0.1, -0.05) is 5.16 Å². The number of nitrogens with zero attached hydrogens (tertiary/aromatic N) is 5. The number of hydrogen-bond acceptors (Lipinski definition) is 10. The fourth-order valence-electron chi connectivity index (χ4n) is 3.73. The Morgan fingerprint density at radius 3 is 2.55 bits per heavy atom. The van der Waals surface area contributed by atoms with Crippen molar-refractivity contribution in [1.29, 1.82) is 0 Å². The number of halogens is 1. The van der Waals surface area contributed by atoms with Gasteiger partial charge >= 0.3 is 6.09 Å². The van der Waals surface area contributed by atoms with E-state index in [0.29, 0.717) is 48.8 Å². The topological polar surface area (TPSA) is 122 Å². The van der Waals surface area contributed by atoms with Crippen LogP contribution in [0.4, 0.5) is 9.18 Å². The van der Waals surface area contributed by atoms with Gasteiger partial charge in [-0.05, 0) is 52.8 Å². The Morgan fingerprint density at radius 1 is 1.13 bits per heavy atom. The maximum atomic E-state index is 14.9. The van der Waals surface area contributed by atoms with Gasteiger partial charge in [0.1, 0.15) is 19.0 Å². The molecule has 2 aromatic heterocycles. The highest BCUT2D eigenvalue weighted by atomic mass is 19.1. The maximum Gasteiger partial charge on any atom is 0.410 e. The van der Waals surface area contributed by atoms with E-state index < -0.39 is 5.82 Å². The summed E-state index contributed by atoms with van der Waals surface area (Å²) >= 11 is 0. The molecule has 4 rings (SSSR count). The first kappa shape index (κ1) is 27.2. The first-order valence-corrected chi connectivity index (χ1v) is 12.6. The number of aromatic nitrogens is 4. The van der Waals surface area contributed by atoms with Crippen molar-refractivity contribution >= 4 is 6.09 Å². The van der Waals surface area contributed by atoms with Crippen LogP contribution in [0.3, 0.4) is 0 Å². The normalized spacial score (nSPS) is 14.3. The molecule has 0 spiro atoms. The minimum Gasteiger partial charge on any atom is -0.474 e. The molecular weight excluding hydrogens is 497 g/mol. The molecule has 1 saturated heterocycles. The van der Waals surface area contributed by atoms with Crippen molar-refractivity contribution in [2.45, 2.75) is 72.4 Å². The van der Waals surface area contributed by atoms with Gasteiger partial charge in [-0.15, -0.1) is 0 Å². The average Bonchev–Trinajstić information content (AvgIpc) is 3.35. The molecule has 0 N–H and O–H groups in total. The molecule has 1 amide bonds. The minimum absolute atomic E-state index is 0.0174. The van der Waals surface area contributed by atoms with Gasteiger partial charge in [-0.25, -0.2) is 19.2 Å². The van der Waals surface area contributed by atoms with Crippen molar-refractivity contribution in [3.05, 3.63) is 41.8 Å². The lowest BCUT2D eigenvalue weighted by Crippen LogP contribution is -2.42. The fraction of sp³-hybridized carbons (Fsp3) is 0.500. The summed E-state index contributed by atoms with van der Waals surface area (Å²) in [6, 6.07) is 4.36. The lowest BCUT2D eigenvalue weighted by atomic mass is 10.1. The molecule has 1 aliphatic rings. The lowest BCUT2D eigenvalue weighted by Gasteiger charge is -2.31. The Balaban J connectivity index is 1.38. The van der Waals surface area contributed by atoms with Crippen LogP contribution in [0.15, 0.2) is 29.0 Å². The smallest absolute Gasteiger partial charge is 0.410 e. The lowest BCUT2D eigenvalue weighted by molar-refractivity contribution is 0.0485. The Labute approximate surface area is 220 Å². The monoisotopic (exact) mass is 529 g/mol. The summed E-state index contributed by atoms with van der Waals surface area (Å²) in [5.74, 6) is 0.430. The van der Waals surface area contributed by atoms with Gasteiger partial charge in [0, 0.05) is 31.5 Å². The van der Waals surface area contributed by atoms with Crippen molar-refractivity contribution in [1.82, 2.24) is 25.0 Å². The first-order valence-electron chi connectivity index (χ1n) is 12.6. The molecule has 3 aromatic rings. The molecule has 1 fully saturated rings. The molecule has 204 valence electrons. The van der Waals surface area contributed by atoms with Crippen LogP contribution in [0.2, 0.25) is 0 Å². The van der Waals surface area contributed by atoms with E-state index in [2.05, 4.69) is 20.1 Å². The molecule has 11 nitrogen and oxygen atoms in total. The van der Waals surface area contributed by atoms with Gasteiger partial charge in [0.05, 0.1) is 17.8 Å². The van der Waals surface area contributed by atoms with E-state index in [1.165, 1.54) is 18.5 Å². The molecule has 0 unspecified atom stereocenters. The van der Waals surface area contributed by atoms with E-state index in [1.54, 1.807) is 17.9 Å². The van der Waals surface area contributed by atoms with Crippen molar-refractivity contribution < 1.29 is 32.7 Å². The molecule has 0 saturated carbocycles. The molecule has 3 heterocycles. The largest absolute Gasteiger partial charge is 0.474 e. The summed E-state index contributed by atoms with van der Waals surface area (Å²) in [5, 5.41) is 3.89. The Bertz CT molecular complexity index is 1240. The second-order valence-corrected chi connectivity index (χ2v) is 9.46. The van der Waals surface area contributed by atoms with Crippen LogP contribution in [0.5, 0.6) is 17.5 Å². The van der Waals surface area contributed by atoms with Crippen molar-refractivity contribution in [2.75, 3.05) is 13.1 Å². The summed E-state index contributed by atoms with van der Waals surface area (Å²) in [5.41, 5.74) is 0.965. The zero-order chi connectivity index (χ0) is 27.2. The zero-order valence-electron chi connectivity index (χ0n) is 22.1. The zero-order valence-corrected chi connectivity index (χ0v) is 22.1. The SMILES string of the molecule is Cc1c(Oc2ccc(-c3noc(COC(C)C)n3)cc2F)ncnc1OC1CCN(C(=O)OC(C)C)CC1. The Morgan fingerprint density at radius 2 is 1.87 bits per heavy atom. The third kappa shape index (κ3) is 6.94. The Hall–Kier alpha value is -3.80. The molecule has 0 atom stereocenters. The highest BCUT2D eigenvalue weighted by Crippen LogP contribution is 2.32. The predicted octanol–water partition coefficient (Wildman–Crippen LogP) is 5.08. The second-order valence-electron chi connectivity index (χ2n) is 9.46. The molecule has 0 bridgehead atoms. The third-order valence-electron chi connectivity index (χ3n) is 5.71. The minimum atomic E-state index is -0.617. The van der Waals surface area contributed by atoms with Crippen LogP contribution in [-0.2, 0) is 16.1 Å². The van der Waals surface area contributed by atoms with Gasteiger partial charge < -0.3 is 28.4 Å². The van der Waals surface area contributed by atoms with E-state index in [9.17, 15) is 9.18 Å². The number of benzene rings is 1. The highest BCUT2D eigenvalue weighted by Gasteiger charge is 2.26. The second kappa shape index (κ2) is 12.2. The number of rotatable bonds is 9. The van der Waals surface area contributed by atoms with E-state index in [0.717, 1.165) is 0 Å². The van der Waals surface area contributed by atoms with Gasteiger partial charge in [0.25, 0.3) is 5.89 Å². The van der Waals surface area contributed by atoms with Crippen LogP contribution in [0.25, 0.3) is 11.4 Å². The Kier molecular flexibility index (Phi) is 8.72. The first-order chi connectivity index (χ1) is 18.2. The summed E-state index contributed by atoms with van der Waals surface area (Å²) in [6.45, 7) is 10.4. The highest BCUT2D eigenvalue weighted by molar-refractivity contribution is 5.67. The van der Waals surface area contributed by atoms with Crippen LogP contribution in [0.1, 0.15) is 52.0 Å².